The predicted molar refractivity (Wildman–Crippen MR) is 86.2 cm³/mol. The predicted octanol–water partition coefficient (Wildman–Crippen LogP) is 2.97. The first kappa shape index (κ1) is 14.9. The summed E-state index contributed by atoms with van der Waals surface area (Å²) in [7, 11) is 0. The van der Waals surface area contributed by atoms with Gasteiger partial charge in [0.1, 0.15) is 0 Å². The molecule has 114 valence electrons. The number of carbonyl (C=O) groups excluding carboxylic acids is 2. The van der Waals surface area contributed by atoms with E-state index in [1.807, 2.05) is 24.4 Å². The second-order valence-corrected chi connectivity index (χ2v) is 6.36. The second-order valence-electron chi connectivity index (χ2n) is 5.41. The van der Waals surface area contributed by atoms with Gasteiger partial charge in [0.15, 0.2) is 11.4 Å². The summed E-state index contributed by atoms with van der Waals surface area (Å²) in [6, 6.07) is 10.7. The van der Waals surface area contributed by atoms with Gasteiger partial charge in [-0.25, -0.2) is 0 Å². The van der Waals surface area contributed by atoms with Gasteiger partial charge >= 0.3 is 0 Å². The van der Waals surface area contributed by atoms with Gasteiger partial charge in [0.2, 0.25) is 0 Å². The number of hydrogen-bond donors (Lipinski definition) is 1. The Morgan fingerprint density at radius 1 is 1.27 bits per heavy atom. The first-order valence-corrected chi connectivity index (χ1v) is 8.16. The number of amides is 1. The molecule has 1 amide bonds. The summed E-state index contributed by atoms with van der Waals surface area (Å²) in [5.74, 6) is -0.612. The van der Waals surface area contributed by atoms with Crippen molar-refractivity contribution in [2.24, 2.45) is 0 Å². The van der Waals surface area contributed by atoms with Crippen molar-refractivity contribution in [1.82, 2.24) is 0 Å². The van der Waals surface area contributed by atoms with Gasteiger partial charge in [0.05, 0.1) is 17.0 Å². The number of nitrogens with zero attached hydrogens (tertiary/aromatic N) is 1. The van der Waals surface area contributed by atoms with Crippen molar-refractivity contribution in [3.05, 3.63) is 52.2 Å². The summed E-state index contributed by atoms with van der Waals surface area (Å²) in [6.45, 7) is 2.51. The lowest BCUT2D eigenvalue weighted by Crippen LogP contribution is -2.42. The molecule has 0 spiro atoms. The molecule has 3 rings (SSSR count). The number of hydrogen-bond acceptors (Lipinski definition) is 4. The van der Waals surface area contributed by atoms with Gasteiger partial charge in [0, 0.05) is 12.1 Å². The molecular formula is C17H17NO3S. The maximum absolute atomic E-state index is 12.7. The van der Waals surface area contributed by atoms with Gasteiger partial charge < -0.3 is 10.0 Å². The zero-order valence-corrected chi connectivity index (χ0v) is 13.1. The zero-order valence-electron chi connectivity index (χ0n) is 12.3. The molecule has 1 aliphatic heterocycles. The topological polar surface area (TPSA) is 57.6 Å². The molecule has 0 unspecified atom stereocenters. The molecule has 2 aromatic rings. The largest absolute Gasteiger partial charge is 0.375 e. The number of ketones is 1. The molecule has 1 aromatic carbocycles. The van der Waals surface area contributed by atoms with Crippen LogP contribution in [0, 0.1) is 0 Å². The van der Waals surface area contributed by atoms with Crippen molar-refractivity contribution in [3.8, 4) is 0 Å². The maximum atomic E-state index is 12.7. The normalized spacial score (nSPS) is 20.3. The average molecular weight is 315 g/mol. The Kier molecular flexibility index (Phi) is 3.85. The average Bonchev–Trinajstić information content (AvgIpc) is 3.11. The van der Waals surface area contributed by atoms with Gasteiger partial charge in [-0.3, -0.25) is 9.59 Å². The van der Waals surface area contributed by atoms with E-state index in [4.69, 9.17) is 0 Å². The molecule has 0 fully saturated rings. The highest BCUT2D eigenvalue weighted by Gasteiger charge is 2.50. The van der Waals surface area contributed by atoms with Gasteiger partial charge in [-0.1, -0.05) is 31.2 Å². The van der Waals surface area contributed by atoms with Crippen LogP contribution in [-0.4, -0.2) is 23.3 Å². The summed E-state index contributed by atoms with van der Waals surface area (Å²) in [6.07, 6.45) is 0.568. The third kappa shape index (κ3) is 2.26. The molecule has 22 heavy (non-hydrogen) atoms. The third-order valence-corrected chi connectivity index (χ3v) is 4.81. The Morgan fingerprint density at radius 3 is 2.73 bits per heavy atom. The van der Waals surface area contributed by atoms with Crippen LogP contribution in [-0.2, 0) is 10.4 Å². The van der Waals surface area contributed by atoms with Gasteiger partial charge in [-0.05, 0) is 23.9 Å². The molecule has 0 saturated carbocycles. The molecule has 4 nitrogen and oxygen atoms in total. The number of aliphatic hydroxyl groups is 1. The Hall–Kier alpha value is -1.98. The van der Waals surface area contributed by atoms with E-state index in [-0.39, 0.29) is 12.2 Å². The van der Waals surface area contributed by atoms with Crippen molar-refractivity contribution < 1.29 is 14.7 Å². The summed E-state index contributed by atoms with van der Waals surface area (Å²) < 4.78 is 0. The molecule has 1 atom stereocenters. The quantitative estimate of drug-likeness (QED) is 0.863. The smallest absolute Gasteiger partial charge is 0.264 e. The van der Waals surface area contributed by atoms with Crippen LogP contribution in [0.3, 0.4) is 0 Å². The Balaban J connectivity index is 1.98. The molecule has 5 heteroatoms. The number of anilines is 1. The fraction of sp³-hybridized carbons (Fsp3) is 0.294. The lowest BCUT2D eigenvalue weighted by Gasteiger charge is -2.22. The molecule has 0 saturated heterocycles. The van der Waals surface area contributed by atoms with E-state index in [0.717, 1.165) is 6.42 Å². The highest BCUT2D eigenvalue weighted by atomic mass is 32.1. The minimum absolute atomic E-state index is 0.209. The summed E-state index contributed by atoms with van der Waals surface area (Å²) >= 11 is 1.32. The second kappa shape index (κ2) is 5.66. The van der Waals surface area contributed by atoms with Crippen LogP contribution in [0.25, 0.3) is 0 Å². The van der Waals surface area contributed by atoms with E-state index in [0.29, 0.717) is 22.7 Å². The van der Waals surface area contributed by atoms with E-state index in [1.54, 1.807) is 29.2 Å². The Labute approximate surface area is 133 Å². The zero-order chi connectivity index (χ0) is 15.7. The van der Waals surface area contributed by atoms with Gasteiger partial charge in [0.25, 0.3) is 5.91 Å². The maximum Gasteiger partial charge on any atom is 0.264 e. The van der Waals surface area contributed by atoms with Crippen LogP contribution >= 0.6 is 11.3 Å². The number of carbonyl (C=O) groups is 2. The standard InChI is InChI=1S/C17H17NO3S/c1-2-9-18-13-7-4-3-6-12(13)17(21,16(18)20)11-14(19)15-8-5-10-22-15/h3-8,10,21H,2,9,11H2,1H3/t17-/m1/s1. The number of rotatable bonds is 5. The van der Waals surface area contributed by atoms with E-state index in [9.17, 15) is 14.7 Å². The number of fused-ring (bicyclic) bond motifs is 1. The fourth-order valence-electron chi connectivity index (χ4n) is 2.88. The van der Waals surface area contributed by atoms with Crippen molar-refractivity contribution in [2.45, 2.75) is 25.4 Å². The van der Waals surface area contributed by atoms with Crippen molar-refractivity contribution >= 4 is 28.7 Å². The first-order chi connectivity index (χ1) is 10.6. The van der Waals surface area contributed by atoms with Crippen molar-refractivity contribution in [2.75, 3.05) is 11.4 Å². The fourth-order valence-corrected chi connectivity index (χ4v) is 3.54. The number of benzene rings is 1. The molecule has 0 bridgehead atoms. The summed E-state index contributed by atoms with van der Waals surface area (Å²) in [5, 5.41) is 12.8. The molecular weight excluding hydrogens is 298 g/mol. The molecule has 1 N–H and O–H groups in total. The number of Topliss-reactive ketones (excluding diaryl/α,β-unsaturated/α-hetero) is 1. The number of para-hydroxylation sites is 1. The first-order valence-electron chi connectivity index (χ1n) is 7.28. The van der Waals surface area contributed by atoms with Crippen molar-refractivity contribution in [1.29, 1.82) is 0 Å². The van der Waals surface area contributed by atoms with Crippen LogP contribution in [0.1, 0.15) is 35.0 Å². The van der Waals surface area contributed by atoms with E-state index < -0.39 is 11.5 Å². The van der Waals surface area contributed by atoms with Crippen LogP contribution < -0.4 is 4.90 Å². The van der Waals surface area contributed by atoms with E-state index in [2.05, 4.69) is 0 Å². The Morgan fingerprint density at radius 2 is 2.05 bits per heavy atom. The lowest BCUT2D eigenvalue weighted by atomic mass is 9.89. The molecule has 0 radical (unpaired) electrons. The van der Waals surface area contributed by atoms with Gasteiger partial charge in [-0.15, -0.1) is 11.3 Å². The number of thiophene rings is 1. The van der Waals surface area contributed by atoms with E-state index in [1.165, 1.54) is 11.3 Å². The minimum atomic E-state index is -1.76. The van der Waals surface area contributed by atoms with Crippen LogP contribution in [0.5, 0.6) is 0 Å². The molecule has 1 aliphatic rings. The SMILES string of the molecule is CCCN1C(=O)[C@@](O)(CC(=O)c2cccs2)c2ccccc21. The lowest BCUT2D eigenvalue weighted by molar-refractivity contribution is -0.135. The summed E-state index contributed by atoms with van der Waals surface area (Å²) in [5.41, 5.74) is -0.526. The monoisotopic (exact) mass is 315 g/mol. The van der Waals surface area contributed by atoms with Crippen LogP contribution in [0.2, 0.25) is 0 Å². The third-order valence-electron chi connectivity index (χ3n) is 3.90. The summed E-state index contributed by atoms with van der Waals surface area (Å²) in [4.78, 5) is 27.2. The van der Waals surface area contributed by atoms with Crippen LogP contribution in [0.15, 0.2) is 41.8 Å². The Bertz CT molecular complexity index is 710. The highest BCUT2D eigenvalue weighted by molar-refractivity contribution is 7.12. The molecule has 0 aliphatic carbocycles. The van der Waals surface area contributed by atoms with Crippen molar-refractivity contribution in [3.63, 3.8) is 0 Å². The minimum Gasteiger partial charge on any atom is -0.375 e. The highest BCUT2D eigenvalue weighted by Crippen LogP contribution is 2.42. The molecule has 2 heterocycles. The van der Waals surface area contributed by atoms with Gasteiger partial charge in [-0.2, -0.15) is 0 Å². The van der Waals surface area contributed by atoms with E-state index >= 15 is 0 Å². The molecule has 1 aromatic heterocycles. The van der Waals surface area contributed by atoms with Crippen LogP contribution in [0.4, 0.5) is 5.69 Å².